The van der Waals surface area contributed by atoms with Gasteiger partial charge in [-0.15, -0.1) is 0 Å². The van der Waals surface area contributed by atoms with Gasteiger partial charge in [0.25, 0.3) is 5.91 Å². The quantitative estimate of drug-likeness (QED) is 0.575. The maximum Gasteiger partial charge on any atom is 0.324 e. The summed E-state index contributed by atoms with van der Waals surface area (Å²) in [5.41, 5.74) is 1.81. The van der Waals surface area contributed by atoms with E-state index >= 15 is 0 Å². The van der Waals surface area contributed by atoms with Gasteiger partial charge in [-0.25, -0.2) is 8.42 Å². The molecular formula is C20H32N2O5S. The number of aryl methyl sites for hydroxylation is 2. The minimum atomic E-state index is -3.91. The van der Waals surface area contributed by atoms with Crippen LogP contribution in [0.4, 0.5) is 0 Å². The Labute approximate surface area is 168 Å². The van der Waals surface area contributed by atoms with Gasteiger partial charge in [-0.3, -0.25) is 9.59 Å². The summed E-state index contributed by atoms with van der Waals surface area (Å²) in [7, 11) is -3.91. The molecule has 1 rings (SSSR count). The highest BCUT2D eigenvalue weighted by molar-refractivity contribution is 7.89. The summed E-state index contributed by atoms with van der Waals surface area (Å²) in [6, 6.07) is 3.71. The highest BCUT2D eigenvalue weighted by Gasteiger charge is 2.30. The number of rotatable bonds is 10. The van der Waals surface area contributed by atoms with Crippen LogP contribution in [0.15, 0.2) is 23.1 Å². The van der Waals surface area contributed by atoms with E-state index in [4.69, 9.17) is 4.74 Å². The zero-order chi connectivity index (χ0) is 21.5. The number of hydrogen-bond acceptors (Lipinski definition) is 5. The van der Waals surface area contributed by atoms with Crippen molar-refractivity contribution in [3.8, 4) is 0 Å². The monoisotopic (exact) mass is 412 g/mol. The van der Waals surface area contributed by atoms with E-state index in [2.05, 4.69) is 10.0 Å². The van der Waals surface area contributed by atoms with Crippen LogP contribution >= 0.6 is 0 Å². The lowest BCUT2D eigenvalue weighted by atomic mass is 10.1. The predicted molar refractivity (Wildman–Crippen MR) is 108 cm³/mol. The Morgan fingerprint density at radius 2 is 1.68 bits per heavy atom. The normalized spacial score (nSPS) is 12.9. The van der Waals surface area contributed by atoms with E-state index in [9.17, 15) is 18.0 Å². The van der Waals surface area contributed by atoms with E-state index in [-0.39, 0.29) is 16.9 Å². The third-order valence-electron chi connectivity index (χ3n) is 4.69. The second kappa shape index (κ2) is 10.6. The van der Waals surface area contributed by atoms with Gasteiger partial charge in [0.1, 0.15) is 6.04 Å². The third-order valence-corrected chi connectivity index (χ3v) is 6.13. The molecule has 0 aliphatic heterocycles. The van der Waals surface area contributed by atoms with Crippen molar-refractivity contribution >= 4 is 21.9 Å². The first-order valence-electron chi connectivity index (χ1n) is 9.57. The maximum atomic E-state index is 12.7. The maximum absolute atomic E-state index is 12.7. The fraction of sp³-hybridized carbons (Fsp3) is 0.600. The van der Waals surface area contributed by atoms with Gasteiger partial charge in [0, 0.05) is 6.04 Å². The Morgan fingerprint density at radius 3 is 2.18 bits per heavy atom. The topological polar surface area (TPSA) is 102 Å². The highest BCUT2D eigenvalue weighted by Crippen LogP contribution is 2.16. The van der Waals surface area contributed by atoms with Crippen molar-refractivity contribution in [2.75, 3.05) is 6.61 Å². The summed E-state index contributed by atoms with van der Waals surface area (Å²) < 4.78 is 32.8. The highest BCUT2D eigenvalue weighted by atomic mass is 32.2. The van der Waals surface area contributed by atoms with Gasteiger partial charge in [-0.05, 0) is 55.9 Å². The van der Waals surface area contributed by atoms with Gasteiger partial charge >= 0.3 is 5.97 Å². The molecule has 2 N–H and O–H groups in total. The van der Waals surface area contributed by atoms with E-state index in [0.29, 0.717) is 0 Å². The molecule has 0 radical (unpaired) electrons. The summed E-state index contributed by atoms with van der Waals surface area (Å²) in [6.07, 6.45) is 1.56. The van der Waals surface area contributed by atoms with Crippen LogP contribution in [0.3, 0.4) is 0 Å². The number of amides is 1. The molecule has 0 spiro atoms. The number of ether oxygens (including phenoxy) is 1. The second-order valence-corrected chi connectivity index (χ2v) is 8.99. The Bertz CT molecular complexity index is 786. The van der Waals surface area contributed by atoms with Crippen LogP contribution in [0.1, 0.15) is 51.7 Å². The summed E-state index contributed by atoms with van der Waals surface area (Å²) in [4.78, 5) is 24.4. The molecule has 0 aliphatic carbocycles. The van der Waals surface area contributed by atoms with Crippen molar-refractivity contribution in [2.45, 2.75) is 71.4 Å². The molecule has 28 heavy (non-hydrogen) atoms. The molecule has 1 aromatic rings. The molecular weight excluding hydrogens is 380 g/mol. The number of benzene rings is 1. The molecule has 0 unspecified atom stereocenters. The number of sulfonamides is 1. The van der Waals surface area contributed by atoms with Crippen molar-refractivity contribution in [1.29, 1.82) is 0 Å². The Balaban J connectivity index is 2.82. The van der Waals surface area contributed by atoms with E-state index in [1.807, 2.05) is 27.7 Å². The Morgan fingerprint density at radius 1 is 1.07 bits per heavy atom. The van der Waals surface area contributed by atoms with Crippen molar-refractivity contribution in [2.24, 2.45) is 5.92 Å². The van der Waals surface area contributed by atoms with Crippen LogP contribution in [-0.4, -0.2) is 39.0 Å². The molecule has 0 heterocycles. The number of esters is 1. The summed E-state index contributed by atoms with van der Waals surface area (Å²) in [5, 5.41) is 2.77. The van der Waals surface area contributed by atoms with Crippen molar-refractivity contribution < 1.29 is 22.7 Å². The smallest absolute Gasteiger partial charge is 0.324 e. The summed E-state index contributed by atoms with van der Waals surface area (Å²) in [5.74, 6) is -1.53. The molecule has 1 atom stereocenters. The van der Waals surface area contributed by atoms with Crippen LogP contribution in [0.5, 0.6) is 0 Å². The largest absolute Gasteiger partial charge is 0.454 e. The first-order valence-corrected chi connectivity index (χ1v) is 11.1. The third kappa shape index (κ3) is 6.91. The lowest BCUT2D eigenvalue weighted by molar-refractivity contribution is -0.151. The van der Waals surface area contributed by atoms with Gasteiger partial charge in [0.15, 0.2) is 6.61 Å². The summed E-state index contributed by atoms with van der Waals surface area (Å²) >= 11 is 0. The van der Waals surface area contributed by atoms with Crippen molar-refractivity contribution in [1.82, 2.24) is 10.0 Å². The minimum absolute atomic E-state index is 0.0235. The zero-order valence-electron chi connectivity index (χ0n) is 17.5. The van der Waals surface area contributed by atoms with E-state index in [1.165, 1.54) is 6.07 Å². The number of hydrogen-bond donors (Lipinski definition) is 2. The van der Waals surface area contributed by atoms with Crippen LogP contribution in [0.25, 0.3) is 0 Å². The molecule has 0 aromatic heterocycles. The molecule has 1 amide bonds. The van der Waals surface area contributed by atoms with E-state index in [1.54, 1.807) is 26.0 Å². The van der Waals surface area contributed by atoms with E-state index < -0.39 is 34.5 Å². The fourth-order valence-corrected chi connectivity index (χ4v) is 3.98. The Hall–Kier alpha value is -1.93. The van der Waals surface area contributed by atoms with Crippen molar-refractivity contribution in [3.63, 3.8) is 0 Å². The molecule has 0 fully saturated rings. The van der Waals surface area contributed by atoms with Crippen LogP contribution in [0.2, 0.25) is 0 Å². The molecule has 7 nitrogen and oxygen atoms in total. The average molecular weight is 413 g/mol. The van der Waals surface area contributed by atoms with Crippen LogP contribution in [0, 0.1) is 19.8 Å². The summed E-state index contributed by atoms with van der Waals surface area (Å²) in [6.45, 7) is 10.6. The predicted octanol–water partition coefficient (Wildman–Crippen LogP) is 2.45. The molecule has 0 saturated carbocycles. The number of carbonyl (C=O) groups is 2. The minimum Gasteiger partial charge on any atom is -0.454 e. The van der Waals surface area contributed by atoms with Gasteiger partial charge in [0.2, 0.25) is 10.0 Å². The zero-order valence-corrected chi connectivity index (χ0v) is 18.4. The Kier molecular flexibility index (Phi) is 9.10. The van der Waals surface area contributed by atoms with Gasteiger partial charge in [0.05, 0.1) is 4.90 Å². The first kappa shape index (κ1) is 24.1. The SMILES string of the molecule is CCC(CC)NC(=O)COC(=O)[C@@H](NS(=O)(=O)c1ccc(C)c(C)c1)C(C)C. The fourth-order valence-electron chi connectivity index (χ4n) is 2.56. The average Bonchev–Trinajstić information content (AvgIpc) is 2.64. The van der Waals surface area contributed by atoms with E-state index in [0.717, 1.165) is 24.0 Å². The first-order chi connectivity index (χ1) is 13.0. The molecule has 0 saturated heterocycles. The number of nitrogens with one attached hydrogen (secondary N) is 2. The van der Waals surface area contributed by atoms with Gasteiger partial charge in [-0.1, -0.05) is 33.8 Å². The molecule has 158 valence electrons. The van der Waals surface area contributed by atoms with Gasteiger partial charge < -0.3 is 10.1 Å². The lowest BCUT2D eigenvalue weighted by Crippen LogP contribution is -2.46. The second-order valence-electron chi connectivity index (χ2n) is 7.28. The lowest BCUT2D eigenvalue weighted by Gasteiger charge is -2.21. The van der Waals surface area contributed by atoms with Crippen LogP contribution in [-0.2, 0) is 24.3 Å². The molecule has 0 aliphatic rings. The molecule has 1 aromatic carbocycles. The van der Waals surface area contributed by atoms with Crippen LogP contribution < -0.4 is 10.0 Å². The molecule has 8 heteroatoms. The standard InChI is InChI=1S/C20H32N2O5S/c1-7-16(8-2)21-18(23)12-27-20(24)19(13(3)4)22-28(25,26)17-10-9-14(5)15(6)11-17/h9-11,13,16,19,22H,7-8,12H2,1-6H3,(H,21,23)/t19-/m0/s1. The molecule has 0 bridgehead atoms. The van der Waals surface area contributed by atoms with Crippen molar-refractivity contribution in [3.05, 3.63) is 29.3 Å². The number of carbonyl (C=O) groups excluding carboxylic acids is 2. The van der Waals surface area contributed by atoms with Gasteiger partial charge in [-0.2, -0.15) is 4.72 Å².